The first kappa shape index (κ1) is 16.1. The molecule has 1 atom stereocenters. The maximum Gasteiger partial charge on any atom is 0.233 e. The molecule has 1 unspecified atom stereocenters. The van der Waals surface area contributed by atoms with Gasteiger partial charge in [-0.1, -0.05) is 30.3 Å². The van der Waals surface area contributed by atoms with Crippen molar-refractivity contribution in [3.63, 3.8) is 0 Å². The molecule has 0 bridgehead atoms. The van der Waals surface area contributed by atoms with E-state index >= 15 is 0 Å². The van der Waals surface area contributed by atoms with E-state index in [1.54, 1.807) is 11.8 Å². The van der Waals surface area contributed by atoms with Crippen LogP contribution in [0.1, 0.15) is 30.7 Å². The van der Waals surface area contributed by atoms with E-state index in [0.717, 1.165) is 43.8 Å². The van der Waals surface area contributed by atoms with E-state index in [2.05, 4.69) is 39.1 Å². The van der Waals surface area contributed by atoms with Crippen LogP contribution >= 0.6 is 11.8 Å². The van der Waals surface area contributed by atoms with Crippen LogP contribution in [0.15, 0.2) is 42.7 Å². The van der Waals surface area contributed by atoms with Gasteiger partial charge in [-0.2, -0.15) is 0 Å². The lowest BCUT2D eigenvalue weighted by atomic mass is 10.1. The molecule has 5 heteroatoms. The summed E-state index contributed by atoms with van der Waals surface area (Å²) in [7, 11) is 0. The molecule has 0 spiro atoms. The number of carbonyl (C=O) groups is 1. The third kappa shape index (κ3) is 4.61. The Morgan fingerprint density at radius 1 is 1.35 bits per heavy atom. The summed E-state index contributed by atoms with van der Waals surface area (Å²) in [6.07, 6.45) is 8.09. The number of rotatable bonds is 7. The quantitative estimate of drug-likeness (QED) is 0.849. The van der Waals surface area contributed by atoms with Gasteiger partial charge in [0.2, 0.25) is 5.91 Å². The standard InChI is InChI=1S/C18H23N3OS/c22-18(16-9-5-13-23-16)20-14-17-19-10-12-21(17)11-4-8-15-6-2-1-3-7-15/h1-3,6-7,10,12,16H,4-5,8-9,11,13-14H2,(H,20,22). The largest absolute Gasteiger partial charge is 0.348 e. The Bertz CT molecular complexity index is 620. The van der Waals surface area contributed by atoms with Crippen molar-refractivity contribution in [1.82, 2.24) is 14.9 Å². The Balaban J connectivity index is 1.46. The average Bonchev–Trinajstić information content (AvgIpc) is 3.26. The first-order valence-electron chi connectivity index (χ1n) is 8.26. The number of aromatic nitrogens is 2. The summed E-state index contributed by atoms with van der Waals surface area (Å²) >= 11 is 1.76. The topological polar surface area (TPSA) is 46.9 Å². The first-order chi connectivity index (χ1) is 11.3. The van der Waals surface area contributed by atoms with Gasteiger partial charge in [-0.25, -0.2) is 4.98 Å². The van der Waals surface area contributed by atoms with Crippen LogP contribution in [-0.2, 0) is 24.3 Å². The fraction of sp³-hybridized carbons (Fsp3) is 0.444. The van der Waals surface area contributed by atoms with Crippen LogP contribution in [0.2, 0.25) is 0 Å². The zero-order valence-corrected chi connectivity index (χ0v) is 14.1. The van der Waals surface area contributed by atoms with Crippen LogP contribution in [0.25, 0.3) is 0 Å². The fourth-order valence-corrected chi connectivity index (χ4v) is 4.06. The lowest BCUT2D eigenvalue weighted by molar-refractivity contribution is -0.120. The highest BCUT2D eigenvalue weighted by Gasteiger charge is 2.23. The maximum atomic E-state index is 12.1. The molecule has 1 N–H and O–H groups in total. The van der Waals surface area contributed by atoms with E-state index in [9.17, 15) is 4.79 Å². The number of hydrogen-bond acceptors (Lipinski definition) is 3. The van der Waals surface area contributed by atoms with Gasteiger partial charge < -0.3 is 9.88 Å². The van der Waals surface area contributed by atoms with Crippen LogP contribution in [0.4, 0.5) is 0 Å². The highest BCUT2D eigenvalue weighted by atomic mass is 32.2. The van der Waals surface area contributed by atoms with Crippen molar-refractivity contribution in [2.75, 3.05) is 5.75 Å². The smallest absolute Gasteiger partial charge is 0.233 e. The van der Waals surface area contributed by atoms with Crippen LogP contribution in [0.3, 0.4) is 0 Å². The lowest BCUT2D eigenvalue weighted by Gasteiger charge is -2.11. The van der Waals surface area contributed by atoms with Crippen molar-refractivity contribution >= 4 is 17.7 Å². The Kier molecular flexibility index (Phi) is 5.75. The summed E-state index contributed by atoms with van der Waals surface area (Å²) in [5.74, 6) is 2.20. The molecular weight excluding hydrogens is 306 g/mol. The molecule has 1 amide bonds. The van der Waals surface area contributed by atoms with Crippen LogP contribution in [0, 0.1) is 0 Å². The number of hydrogen-bond donors (Lipinski definition) is 1. The summed E-state index contributed by atoms with van der Waals surface area (Å²) in [6.45, 7) is 1.45. The van der Waals surface area contributed by atoms with E-state index in [-0.39, 0.29) is 11.2 Å². The van der Waals surface area contributed by atoms with Crippen molar-refractivity contribution < 1.29 is 4.79 Å². The molecule has 0 radical (unpaired) electrons. The van der Waals surface area contributed by atoms with Gasteiger partial charge in [0.05, 0.1) is 11.8 Å². The summed E-state index contributed by atoms with van der Waals surface area (Å²) in [4.78, 5) is 16.5. The minimum atomic E-state index is 0.136. The van der Waals surface area contributed by atoms with Crippen molar-refractivity contribution in [3.8, 4) is 0 Å². The zero-order valence-electron chi connectivity index (χ0n) is 13.3. The number of thioether (sulfide) groups is 1. The molecule has 0 aliphatic carbocycles. The second-order valence-electron chi connectivity index (χ2n) is 5.85. The van der Waals surface area contributed by atoms with Gasteiger partial charge >= 0.3 is 0 Å². The van der Waals surface area contributed by atoms with Gasteiger partial charge in [-0.05, 0) is 37.0 Å². The van der Waals surface area contributed by atoms with Gasteiger partial charge in [0.1, 0.15) is 5.82 Å². The van der Waals surface area contributed by atoms with Crippen LogP contribution in [0.5, 0.6) is 0 Å². The van der Waals surface area contributed by atoms with Gasteiger partial charge in [0.15, 0.2) is 0 Å². The molecule has 1 aliphatic heterocycles. The fourth-order valence-electron chi connectivity index (χ4n) is 2.87. The molecule has 1 fully saturated rings. The predicted molar refractivity (Wildman–Crippen MR) is 94.3 cm³/mol. The maximum absolute atomic E-state index is 12.1. The van der Waals surface area contributed by atoms with Crippen molar-refractivity contribution in [2.45, 2.75) is 44.0 Å². The summed E-state index contributed by atoms with van der Waals surface area (Å²) in [6, 6.07) is 10.5. The van der Waals surface area contributed by atoms with Gasteiger partial charge in [-0.3, -0.25) is 4.79 Å². The zero-order chi connectivity index (χ0) is 15.9. The third-order valence-corrected chi connectivity index (χ3v) is 5.53. The predicted octanol–water partition coefficient (Wildman–Crippen LogP) is 3.03. The average molecular weight is 329 g/mol. The summed E-state index contributed by atoms with van der Waals surface area (Å²) in [5, 5.41) is 3.17. The number of nitrogens with one attached hydrogen (secondary N) is 1. The minimum Gasteiger partial charge on any atom is -0.348 e. The van der Waals surface area contributed by atoms with Crippen molar-refractivity contribution in [2.24, 2.45) is 0 Å². The molecule has 0 saturated carbocycles. The molecule has 1 aromatic carbocycles. The molecule has 1 aliphatic rings. The Labute approximate surface area is 141 Å². The summed E-state index contributed by atoms with van der Waals surface area (Å²) < 4.78 is 2.14. The van der Waals surface area contributed by atoms with Gasteiger partial charge in [0, 0.05) is 18.9 Å². The normalized spacial score (nSPS) is 17.3. The molecule has 1 saturated heterocycles. The minimum absolute atomic E-state index is 0.136. The second-order valence-corrected chi connectivity index (χ2v) is 7.16. The number of imidazole rings is 1. The third-order valence-electron chi connectivity index (χ3n) is 4.15. The Hall–Kier alpha value is -1.75. The van der Waals surface area contributed by atoms with Crippen molar-refractivity contribution in [1.29, 1.82) is 0 Å². The number of amides is 1. The molecule has 3 rings (SSSR count). The number of aryl methyl sites for hydroxylation is 2. The molecule has 2 heterocycles. The molecular formula is C18H23N3OS. The Morgan fingerprint density at radius 3 is 3.00 bits per heavy atom. The number of nitrogens with zero attached hydrogens (tertiary/aromatic N) is 2. The SMILES string of the molecule is O=C(NCc1nccn1CCCc1ccccc1)C1CCCS1. The second kappa shape index (κ2) is 8.20. The molecule has 1 aromatic heterocycles. The van der Waals surface area contributed by atoms with Crippen LogP contribution < -0.4 is 5.32 Å². The van der Waals surface area contributed by atoms with Gasteiger partial charge in [0.25, 0.3) is 0 Å². The van der Waals surface area contributed by atoms with E-state index in [1.807, 2.05) is 18.5 Å². The van der Waals surface area contributed by atoms with Gasteiger partial charge in [-0.15, -0.1) is 11.8 Å². The van der Waals surface area contributed by atoms with E-state index < -0.39 is 0 Å². The monoisotopic (exact) mass is 329 g/mol. The van der Waals surface area contributed by atoms with E-state index in [0.29, 0.717) is 6.54 Å². The Morgan fingerprint density at radius 2 is 2.22 bits per heavy atom. The van der Waals surface area contributed by atoms with E-state index in [1.165, 1.54) is 5.56 Å². The van der Waals surface area contributed by atoms with Crippen LogP contribution in [-0.4, -0.2) is 26.5 Å². The van der Waals surface area contributed by atoms with Crippen molar-refractivity contribution in [3.05, 3.63) is 54.1 Å². The highest BCUT2D eigenvalue weighted by molar-refractivity contribution is 8.00. The molecule has 2 aromatic rings. The highest BCUT2D eigenvalue weighted by Crippen LogP contribution is 2.26. The lowest BCUT2D eigenvalue weighted by Crippen LogP contribution is -2.31. The number of benzene rings is 1. The molecule has 23 heavy (non-hydrogen) atoms. The molecule has 4 nitrogen and oxygen atoms in total. The number of carbonyl (C=O) groups excluding carboxylic acids is 1. The van der Waals surface area contributed by atoms with E-state index in [4.69, 9.17) is 0 Å². The first-order valence-corrected chi connectivity index (χ1v) is 9.31. The molecule has 122 valence electrons. The summed E-state index contributed by atoms with van der Waals surface area (Å²) in [5.41, 5.74) is 1.36.